The first kappa shape index (κ1) is 19.3. The van der Waals surface area contributed by atoms with E-state index in [1.165, 1.54) is 17.9 Å². The highest BCUT2D eigenvalue weighted by Gasteiger charge is 2.37. The first-order valence-electron chi connectivity index (χ1n) is 8.89. The van der Waals surface area contributed by atoms with Crippen molar-refractivity contribution in [2.24, 2.45) is 0 Å². The van der Waals surface area contributed by atoms with E-state index in [-0.39, 0.29) is 5.56 Å². The van der Waals surface area contributed by atoms with Crippen molar-refractivity contribution in [3.8, 4) is 0 Å². The predicted octanol–water partition coefficient (Wildman–Crippen LogP) is 4.00. The van der Waals surface area contributed by atoms with E-state index in [4.69, 9.17) is 4.74 Å². The lowest BCUT2D eigenvalue weighted by Gasteiger charge is -2.24. The van der Waals surface area contributed by atoms with E-state index in [0.717, 1.165) is 31.7 Å². The molecule has 0 radical (unpaired) electrons. The van der Waals surface area contributed by atoms with Crippen molar-refractivity contribution in [3.63, 3.8) is 0 Å². The third-order valence-electron chi connectivity index (χ3n) is 4.53. The SMILES string of the molecule is CCCCCCOC(=O)C1CCCN1C(=O)c1c(F)ccc(C)c1F. The van der Waals surface area contributed by atoms with Gasteiger partial charge in [0.25, 0.3) is 5.91 Å². The molecule has 0 aliphatic carbocycles. The largest absolute Gasteiger partial charge is 0.464 e. The molecule has 1 fully saturated rings. The number of hydrogen-bond donors (Lipinski definition) is 0. The van der Waals surface area contributed by atoms with Gasteiger partial charge in [-0.05, 0) is 37.8 Å². The number of halogens is 2. The lowest BCUT2D eigenvalue weighted by atomic mass is 10.1. The highest BCUT2D eigenvalue weighted by atomic mass is 19.1. The summed E-state index contributed by atoms with van der Waals surface area (Å²) in [5, 5.41) is 0. The molecule has 1 aromatic rings. The second kappa shape index (κ2) is 8.92. The first-order chi connectivity index (χ1) is 12.0. The molecular weight excluding hydrogens is 328 g/mol. The van der Waals surface area contributed by atoms with Gasteiger partial charge in [-0.3, -0.25) is 4.79 Å². The van der Waals surface area contributed by atoms with Crippen LogP contribution in [0.5, 0.6) is 0 Å². The molecule has 2 rings (SSSR count). The van der Waals surface area contributed by atoms with Gasteiger partial charge >= 0.3 is 5.97 Å². The number of benzene rings is 1. The van der Waals surface area contributed by atoms with Crippen molar-refractivity contribution in [1.82, 2.24) is 4.90 Å². The number of amides is 1. The average molecular weight is 353 g/mol. The van der Waals surface area contributed by atoms with E-state index in [0.29, 0.717) is 26.0 Å². The molecule has 1 unspecified atom stereocenters. The van der Waals surface area contributed by atoms with E-state index in [1.807, 2.05) is 0 Å². The fourth-order valence-electron chi connectivity index (χ4n) is 3.05. The summed E-state index contributed by atoms with van der Waals surface area (Å²) >= 11 is 0. The second-order valence-corrected chi connectivity index (χ2v) is 6.44. The Morgan fingerprint density at radius 3 is 2.72 bits per heavy atom. The maximum Gasteiger partial charge on any atom is 0.328 e. The van der Waals surface area contributed by atoms with Crippen molar-refractivity contribution in [1.29, 1.82) is 0 Å². The van der Waals surface area contributed by atoms with Crippen LogP contribution in [0.4, 0.5) is 8.78 Å². The zero-order valence-electron chi connectivity index (χ0n) is 14.8. The van der Waals surface area contributed by atoms with Gasteiger partial charge in [-0.1, -0.05) is 32.3 Å². The molecule has 1 atom stereocenters. The van der Waals surface area contributed by atoms with Crippen molar-refractivity contribution < 1.29 is 23.1 Å². The van der Waals surface area contributed by atoms with Gasteiger partial charge in [-0.2, -0.15) is 0 Å². The van der Waals surface area contributed by atoms with Crippen LogP contribution < -0.4 is 0 Å². The maximum atomic E-state index is 14.2. The minimum absolute atomic E-state index is 0.194. The normalized spacial score (nSPS) is 17.0. The highest BCUT2D eigenvalue weighted by Crippen LogP contribution is 2.25. The topological polar surface area (TPSA) is 46.6 Å². The number of aryl methyl sites for hydroxylation is 1. The number of carbonyl (C=O) groups is 2. The third kappa shape index (κ3) is 4.55. The molecule has 6 heteroatoms. The van der Waals surface area contributed by atoms with Crippen molar-refractivity contribution >= 4 is 11.9 Å². The Kier molecular flexibility index (Phi) is 6.91. The number of hydrogen-bond acceptors (Lipinski definition) is 3. The Morgan fingerprint density at radius 2 is 2.00 bits per heavy atom. The highest BCUT2D eigenvalue weighted by molar-refractivity contribution is 5.97. The number of esters is 1. The number of nitrogens with zero attached hydrogens (tertiary/aromatic N) is 1. The number of ether oxygens (including phenoxy) is 1. The molecule has 1 amide bonds. The van der Waals surface area contributed by atoms with E-state index < -0.39 is 35.1 Å². The van der Waals surface area contributed by atoms with Gasteiger partial charge in [0, 0.05) is 6.54 Å². The summed E-state index contributed by atoms with van der Waals surface area (Å²) < 4.78 is 33.4. The molecule has 0 bridgehead atoms. The third-order valence-corrected chi connectivity index (χ3v) is 4.53. The van der Waals surface area contributed by atoms with Crippen molar-refractivity contribution in [2.45, 2.75) is 58.4 Å². The molecule has 0 saturated carbocycles. The standard InChI is InChI=1S/C19H25F2NO3/c1-3-4-5-6-12-25-19(24)15-8-7-11-22(15)18(23)16-14(20)10-9-13(2)17(16)21/h9-10,15H,3-8,11-12H2,1-2H3. The minimum atomic E-state index is -0.910. The average Bonchev–Trinajstić information content (AvgIpc) is 3.08. The zero-order chi connectivity index (χ0) is 18.4. The van der Waals surface area contributed by atoms with E-state index in [1.54, 1.807) is 0 Å². The van der Waals surface area contributed by atoms with Gasteiger partial charge in [-0.15, -0.1) is 0 Å². The molecular formula is C19H25F2NO3. The maximum absolute atomic E-state index is 14.2. The van der Waals surface area contributed by atoms with Crippen LogP contribution in [-0.2, 0) is 9.53 Å². The van der Waals surface area contributed by atoms with Gasteiger partial charge in [0.05, 0.1) is 6.61 Å². The number of rotatable bonds is 7. The second-order valence-electron chi connectivity index (χ2n) is 6.44. The Hall–Kier alpha value is -1.98. The molecule has 1 heterocycles. The fourth-order valence-corrected chi connectivity index (χ4v) is 3.05. The Balaban J connectivity index is 2.04. The van der Waals surface area contributed by atoms with Gasteiger partial charge < -0.3 is 9.64 Å². The predicted molar refractivity (Wildman–Crippen MR) is 90.3 cm³/mol. The lowest BCUT2D eigenvalue weighted by molar-refractivity contribution is -0.148. The Bertz CT molecular complexity index is 633. The van der Waals surface area contributed by atoms with Crippen LogP contribution in [0, 0.1) is 18.6 Å². The van der Waals surface area contributed by atoms with E-state index >= 15 is 0 Å². The first-order valence-corrected chi connectivity index (χ1v) is 8.89. The molecule has 4 nitrogen and oxygen atoms in total. The summed E-state index contributed by atoms with van der Waals surface area (Å²) in [6, 6.07) is 1.59. The van der Waals surface area contributed by atoms with E-state index in [9.17, 15) is 18.4 Å². The van der Waals surface area contributed by atoms with Crippen LogP contribution in [0.15, 0.2) is 12.1 Å². The molecule has 0 spiro atoms. The van der Waals surface area contributed by atoms with Gasteiger partial charge in [0.1, 0.15) is 23.2 Å². The summed E-state index contributed by atoms with van der Waals surface area (Å²) in [5.74, 6) is -3.06. The number of unbranched alkanes of at least 4 members (excludes halogenated alkanes) is 3. The zero-order valence-corrected chi connectivity index (χ0v) is 14.8. The van der Waals surface area contributed by atoms with Gasteiger partial charge in [0.2, 0.25) is 0 Å². The summed E-state index contributed by atoms with van der Waals surface area (Å²) in [6.07, 6.45) is 4.99. The van der Waals surface area contributed by atoms with Crippen LogP contribution in [0.1, 0.15) is 61.4 Å². The van der Waals surface area contributed by atoms with Gasteiger partial charge in [0.15, 0.2) is 0 Å². The lowest BCUT2D eigenvalue weighted by Crippen LogP contribution is -2.42. The molecule has 138 valence electrons. The molecule has 1 aliphatic rings. The Morgan fingerprint density at radius 1 is 1.24 bits per heavy atom. The Labute approximate surface area is 147 Å². The van der Waals surface area contributed by atoms with Crippen LogP contribution >= 0.6 is 0 Å². The summed E-state index contributed by atoms with van der Waals surface area (Å²) in [5.41, 5.74) is -0.401. The van der Waals surface area contributed by atoms with Crippen molar-refractivity contribution in [2.75, 3.05) is 13.2 Å². The molecule has 0 N–H and O–H groups in total. The smallest absolute Gasteiger partial charge is 0.328 e. The molecule has 1 aliphatic heterocycles. The molecule has 1 aromatic carbocycles. The summed E-state index contributed by atoms with van der Waals surface area (Å²) in [6.45, 7) is 4.17. The monoisotopic (exact) mass is 353 g/mol. The van der Waals surface area contributed by atoms with Crippen LogP contribution in [-0.4, -0.2) is 36.0 Å². The van der Waals surface area contributed by atoms with Crippen molar-refractivity contribution in [3.05, 3.63) is 34.9 Å². The molecule has 0 aromatic heterocycles. The van der Waals surface area contributed by atoms with Crippen LogP contribution in [0.2, 0.25) is 0 Å². The van der Waals surface area contributed by atoms with E-state index in [2.05, 4.69) is 6.92 Å². The molecule has 1 saturated heterocycles. The van der Waals surface area contributed by atoms with Crippen LogP contribution in [0.3, 0.4) is 0 Å². The summed E-state index contributed by atoms with van der Waals surface area (Å²) in [4.78, 5) is 26.1. The summed E-state index contributed by atoms with van der Waals surface area (Å²) in [7, 11) is 0. The van der Waals surface area contributed by atoms with Crippen LogP contribution in [0.25, 0.3) is 0 Å². The van der Waals surface area contributed by atoms with Gasteiger partial charge in [-0.25, -0.2) is 13.6 Å². The number of carbonyl (C=O) groups excluding carboxylic acids is 2. The fraction of sp³-hybridized carbons (Fsp3) is 0.579. The molecule has 25 heavy (non-hydrogen) atoms. The quantitative estimate of drug-likeness (QED) is 0.550. The number of likely N-dealkylation sites (tertiary alicyclic amines) is 1. The minimum Gasteiger partial charge on any atom is -0.464 e.